The van der Waals surface area contributed by atoms with Gasteiger partial charge in [-0.2, -0.15) is 0 Å². The summed E-state index contributed by atoms with van der Waals surface area (Å²) in [5.74, 6) is -2.15. The standard InChI is InChI=1S/C44H37N7O7S3.HI/c1-50(38(53)34-19-12-25-57-34)43(61-31-20-23-45-24-21-31)58-41(55)33-22-26-59-40-36(39(54)51(33)40)47-37(52)35(49-56-2)32-27-60-42(46-32)48-44(28-13-6-3-7-14-28,29-15-8-4-9-16-29)30-17-10-5-11-18-30;/h3-25,27,36,40,43H,26H2,1-2H3,(H,46,48)(H,47,52);1H/b49-35-;/t36?,40-,43?;/m0./s1. The molecule has 2 unspecified atom stereocenters. The molecule has 8 rings (SSSR count). The van der Waals surface area contributed by atoms with E-state index in [2.05, 4.69) is 57.2 Å². The molecule has 0 aliphatic carbocycles. The molecule has 3 aromatic heterocycles. The third-order valence-corrected chi connectivity index (χ3v) is 13.0. The van der Waals surface area contributed by atoms with E-state index >= 15 is 0 Å². The number of fused-ring (bicyclic) bond motifs is 1. The van der Waals surface area contributed by atoms with E-state index in [9.17, 15) is 19.2 Å². The average Bonchev–Trinajstić information content (AvgIpc) is 4.03. The van der Waals surface area contributed by atoms with Gasteiger partial charge in [0.2, 0.25) is 5.56 Å². The minimum absolute atomic E-state index is 0. The number of carbonyl (C=O) groups is 4. The number of nitrogens with one attached hydrogen (secondary N) is 2. The fourth-order valence-electron chi connectivity index (χ4n) is 6.95. The third kappa shape index (κ3) is 8.99. The molecule has 6 aromatic rings. The van der Waals surface area contributed by atoms with Gasteiger partial charge in [-0.15, -0.1) is 47.1 Å². The van der Waals surface area contributed by atoms with E-state index < -0.39 is 46.2 Å². The number of amides is 3. The Labute approximate surface area is 386 Å². The lowest BCUT2D eigenvalue weighted by Crippen LogP contribution is -2.70. The number of pyridine rings is 1. The molecule has 2 N–H and O–H groups in total. The molecule has 316 valence electrons. The number of oxime groups is 1. The quantitative estimate of drug-likeness (QED) is 0.0156. The SMILES string of the molecule is CO/N=C(\C(=O)NC1C(=O)N2C(C(=O)OC(Sc3ccncc3)N(C)C(=O)c3ccco3)=CCS[C@@H]12)c1csc(NC(c2ccccc2)(c2ccccc2)c2ccccc2)n1.I. The van der Waals surface area contributed by atoms with Crippen LogP contribution in [0.4, 0.5) is 5.13 Å². The van der Waals surface area contributed by atoms with Crippen LogP contribution in [0.5, 0.6) is 0 Å². The monoisotopic (exact) mass is 999 g/mol. The van der Waals surface area contributed by atoms with Crippen LogP contribution in [0, 0.1) is 0 Å². The van der Waals surface area contributed by atoms with Crippen molar-refractivity contribution in [3.05, 3.63) is 179 Å². The van der Waals surface area contributed by atoms with Crippen LogP contribution in [0.3, 0.4) is 0 Å². The van der Waals surface area contributed by atoms with Crippen LogP contribution in [0.1, 0.15) is 32.9 Å². The number of nitrogens with zero attached hydrogens (tertiary/aromatic N) is 5. The molecule has 0 saturated carbocycles. The molecular formula is C44H38IN7O7S3. The van der Waals surface area contributed by atoms with Gasteiger partial charge in [-0.05, 0) is 47.0 Å². The summed E-state index contributed by atoms with van der Waals surface area (Å²) in [4.78, 5) is 72.0. The van der Waals surface area contributed by atoms with Crippen molar-refractivity contribution < 1.29 is 33.2 Å². The van der Waals surface area contributed by atoms with Crippen molar-refractivity contribution in [2.75, 3.05) is 25.2 Å². The first kappa shape index (κ1) is 44.1. The highest BCUT2D eigenvalue weighted by molar-refractivity contribution is 14.0. The summed E-state index contributed by atoms with van der Waals surface area (Å²) >= 11 is 3.76. The first-order valence-electron chi connectivity index (χ1n) is 18.8. The van der Waals surface area contributed by atoms with Crippen LogP contribution in [0.25, 0.3) is 0 Å². The van der Waals surface area contributed by atoms with Crippen LogP contribution in [-0.2, 0) is 29.5 Å². The van der Waals surface area contributed by atoms with E-state index in [-0.39, 0.29) is 46.8 Å². The van der Waals surface area contributed by atoms with Crippen LogP contribution < -0.4 is 10.6 Å². The van der Waals surface area contributed by atoms with Crippen LogP contribution >= 0.6 is 58.8 Å². The minimum atomic E-state index is -1.14. The second-order valence-corrected chi connectivity index (χ2v) is 16.6. The van der Waals surface area contributed by atoms with E-state index in [4.69, 9.17) is 19.0 Å². The topological polar surface area (TPSA) is 169 Å². The number of thioether (sulfide) groups is 2. The molecule has 62 heavy (non-hydrogen) atoms. The number of hydrogen-bond donors (Lipinski definition) is 2. The number of benzene rings is 3. The van der Waals surface area contributed by atoms with Crippen molar-refractivity contribution in [1.82, 2.24) is 25.1 Å². The zero-order chi connectivity index (χ0) is 42.3. The molecule has 0 radical (unpaired) electrons. The predicted molar refractivity (Wildman–Crippen MR) is 248 cm³/mol. The van der Waals surface area contributed by atoms with Gasteiger partial charge in [0.25, 0.3) is 17.7 Å². The van der Waals surface area contributed by atoms with Crippen molar-refractivity contribution in [1.29, 1.82) is 0 Å². The van der Waals surface area contributed by atoms with E-state index in [0.717, 1.165) is 28.5 Å². The van der Waals surface area contributed by atoms with Crippen molar-refractivity contribution >= 4 is 93.4 Å². The van der Waals surface area contributed by atoms with Gasteiger partial charge in [-0.1, -0.05) is 108 Å². The maximum Gasteiger partial charge on any atom is 0.357 e. The summed E-state index contributed by atoms with van der Waals surface area (Å²) in [6.45, 7) is 0. The Balaban J connectivity index is 0.00000578. The number of β-lactam (4-membered cyclic amide) rings is 1. The van der Waals surface area contributed by atoms with Gasteiger partial charge in [0, 0.05) is 35.5 Å². The molecule has 3 amide bonds. The predicted octanol–water partition coefficient (Wildman–Crippen LogP) is 7.18. The second kappa shape index (κ2) is 19.8. The molecular weight excluding hydrogens is 962 g/mol. The molecule has 14 nitrogen and oxygen atoms in total. The summed E-state index contributed by atoms with van der Waals surface area (Å²) in [7, 11) is 2.80. The first-order chi connectivity index (χ1) is 29.8. The van der Waals surface area contributed by atoms with E-state index in [1.54, 1.807) is 42.0 Å². The molecule has 2 aliphatic heterocycles. The number of aromatic nitrogens is 2. The van der Waals surface area contributed by atoms with Gasteiger partial charge in [-0.3, -0.25) is 29.2 Å². The van der Waals surface area contributed by atoms with Gasteiger partial charge in [0.1, 0.15) is 35.5 Å². The Kier molecular flexibility index (Phi) is 14.1. The third-order valence-electron chi connectivity index (χ3n) is 9.86. The Bertz CT molecular complexity index is 2470. The largest absolute Gasteiger partial charge is 0.459 e. The van der Waals surface area contributed by atoms with Gasteiger partial charge >= 0.3 is 5.97 Å². The molecule has 2 aliphatic rings. The highest BCUT2D eigenvalue weighted by atomic mass is 127. The second-order valence-electron chi connectivity index (χ2n) is 13.5. The lowest BCUT2D eigenvalue weighted by atomic mass is 9.77. The van der Waals surface area contributed by atoms with Gasteiger partial charge < -0.3 is 24.6 Å². The van der Waals surface area contributed by atoms with Gasteiger partial charge in [0.15, 0.2) is 16.6 Å². The van der Waals surface area contributed by atoms with Gasteiger partial charge in [0.05, 0.1) is 6.26 Å². The maximum absolute atomic E-state index is 14.0. The maximum atomic E-state index is 14.0. The smallest absolute Gasteiger partial charge is 0.357 e. The average molecular weight is 1000 g/mol. The number of carbonyl (C=O) groups excluding carboxylic acids is 4. The summed E-state index contributed by atoms with van der Waals surface area (Å²) in [6.07, 6.45) is 6.12. The van der Waals surface area contributed by atoms with Crippen molar-refractivity contribution in [2.24, 2.45) is 5.16 Å². The number of esters is 1. The van der Waals surface area contributed by atoms with Crippen molar-refractivity contribution in [3.63, 3.8) is 0 Å². The highest BCUT2D eigenvalue weighted by Crippen LogP contribution is 2.41. The van der Waals surface area contributed by atoms with Crippen LogP contribution in [0.2, 0.25) is 0 Å². The molecule has 5 heterocycles. The summed E-state index contributed by atoms with van der Waals surface area (Å²) in [5, 5.41) is 12.1. The number of rotatable bonds is 15. The fourth-order valence-corrected chi connectivity index (χ4v) is 9.80. The van der Waals surface area contributed by atoms with Crippen LogP contribution in [0.15, 0.2) is 166 Å². The molecule has 0 bridgehead atoms. The zero-order valence-corrected chi connectivity index (χ0v) is 37.8. The molecule has 1 saturated heterocycles. The first-order valence-corrected chi connectivity index (χ1v) is 21.6. The summed E-state index contributed by atoms with van der Waals surface area (Å²) in [6, 6.07) is 35.6. The Morgan fingerprint density at radius 1 is 0.935 bits per heavy atom. The number of ether oxygens (including phenoxy) is 1. The number of furan rings is 1. The Morgan fingerprint density at radius 3 is 2.15 bits per heavy atom. The van der Waals surface area contributed by atoms with E-state index in [0.29, 0.717) is 15.8 Å². The molecule has 18 heteroatoms. The minimum Gasteiger partial charge on any atom is -0.459 e. The molecule has 3 aromatic carbocycles. The molecule has 3 atom stereocenters. The fraction of sp³-hybridized carbons (Fsp3) is 0.159. The number of halogens is 1. The van der Waals surface area contributed by atoms with Crippen LogP contribution in [-0.4, -0.2) is 86.1 Å². The highest BCUT2D eigenvalue weighted by Gasteiger charge is 2.53. The molecule has 1 fully saturated rings. The number of hydrogen-bond acceptors (Lipinski definition) is 14. The van der Waals surface area contributed by atoms with Crippen molar-refractivity contribution in [3.8, 4) is 0 Å². The molecule has 0 spiro atoms. The van der Waals surface area contributed by atoms with E-state index in [1.165, 1.54) is 59.4 Å². The Morgan fingerprint density at radius 2 is 1.56 bits per heavy atom. The number of anilines is 1. The lowest BCUT2D eigenvalue weighted by Gasteiger charge is -2.48. The Hall–Kier alpha value is -5.96. The number of thiazole rings is 1. The summed E-state index contributed by atoms with van der Waals surface area (Å²) in [5.41, 5.74) is 0.994. The van der Waals surface area contributed by atoms with Gasteiger partial charge in [-0.25, -0.2) is 9.78 Å². The zero-order valence-electron chi connectivity index (χ0n) is 33.0. The summed E-state index contributed by atoms with van der Waals surface area (Å²) < 4.78 is 11.2. The normalized spacial score (nSPS) is 16.4. The lowest BCUT2D eigenvalue weighted by molar-refractivity contribution is -0.155. The van der Waals surface area contributed by atoms with E-state index in [1.807, 2.05) is 54.6 Å². The van der Waals surface area contributed by atoms with Crippen molar-refractivity contribution in [2.45, 2.75) is 27.4 Å².